The highest BCUT2D eigenvalue weighted by atomic mass is 32.2. The maximum absolute atomic E-state index is 13.1. The Morgan fingerprint density at radius 3 is 2.52 bits per heavy atom. The smallest absolute Gasteiger partial charge is 0.260 e. The summed E-state index contributed by atoms with van der Waals surface area (Å²) < 4.78 is 0. The van der Waals surface area contributed by atoms with Crippen molar-refractivity contribution >= 4 is 29.7 Å². The largest absolute Gasteiger partial charge is 0.353 e. The third-order valence-electron chi connectivity index (χ3n) is 7.36. The van der Waals surface area contributed by atoms with Crippen molar-refractivity contribution in [3.8, 4) is 0 Å². The number of aryl methyl sites for hydroxylation is 1. The summed E-state index contributed by atoms with van der Waals surface area (Å²) in [5.41, 5.74) is 2.29. The zero-order valence-corrected chi connectivity index (χ0v) is 19.8. The third kappa shape index (κ3) is 5.36. The van der Waals surface area contributed by atoms with E-state index in [1.165, 1.54) is 37.7 Å². The number of hydrogen-bond acceptors (Lipinski definition) is 3. The van der Waals surface area contributed by atoms with Gasteiger partial charge < -0.3 is 10.2 Å². The van der Waals surface area contributed by atoms with Crippen LogP contribution >= 0.6 is 11.8 Å². The molecule has 1 aromatic carbocycles. The van der Waals surface area contributed by atoms with Crippen LogP contribution in [-0.2, 0) is 9.59 Å². The Hall–Kier alpha value is -1.75. The molecule has 2 saturated carbocycles. The maximum atomic E-state index is 13.1. The van der Waals surface area contributed by atoms with E-state index in [9.17, 15) is 9.59 Å². The molecule has 2 amide bonds. The Bertz CT molecular complexity index is 828. The minimum atomic E-state index is 0.0319. The van der Waals surface area contributed by atoms with Crippen LogP contribution in [0, 0.1) is 12.8 Å². The van der Waals surface area contributed by atoms with Crippen molar-refractivity contribution in [2.45, 2.75) is 88.5 Å². The molecule has 1 N–H and O–H groups in total. The van der Waals surface area contributed by atoms with Crippen molar-refractivity contribution in [1.82, 2.24) is 10.2 Å². The molecule has 1 aromatic rings. The van der Waals surface area contributed by atoms with Crippen LogP contribution in [0.15, 0.2) is 29.2 Å². The molecule has 0 spiro atoms. The summed E-state index contributed by atoms with van der Waals surface area (Å²) in [5.74, 6) is 0.344. The van der Waals surface area contributed by atoms with Crippen molar-refractivity contribution < 1.29 is 9.59 Å². The molecular formula is C26H36N2O2S. The van der Waals surface area contributed by atoms with Gasteiger partial charge in [-0.3, -0.25) is 9.59 Å². The third-order valence-corrected chi connectivity index (χ3v) is 8.76. The van der Waals surface area contributed by atoms with Crippen molar-refractivity contribution in [1.29, 1.82) is 0 Å². The average molecular weight is 441 g/mol. The average Bonchev–Trinajstić information content (AvgIpc) is 2.75. The molecule has 168 valence electrons. The van der Waals surface area contributed by atoms with Gasteiger partial charge in [0.25, 0.3) is 5.91 Å². The van der Waals surface area contributed by atoms with Crippen molar-refractivity contribution in [2.24, 2.45) is 5.92 Å². The molecule has 4 nitrogen and oxygen atoms in total. The van der Waals surface area contributed by atoms with Crippen LogP contribution in [0.5, 0.6) is 0 Å². The molecule has 2 aliphatic carbocycles. The predicted octanol–water partition coefficient (Wildman–Crippen LogP) is 5.31. The molecule has 0 radical (unpaired) electrons. The number of carbonyl (C=O) groups is 2. The van der Waals surface area contributed by atoms with Crippen LogP contribution in [0.4, 0.5) is 0 Å². The van der Waals surface area contributed by atoms with E-state index in [0.29, 0.717) is 11.3 Å². The molecule has 0 bridgehead atoms. The first-order chi connectivity index (χ1) is 15.0. The first-order valence-electron chi connectivity index (χ1n) is 12.0. The van der Waals surface area contributed by atoms with Gasteiger partial charge in [0.05, 0.1) is 4.91 Å². The zero-order valence-electron chi connectivity index (χ0n) is 18.9. The van der Waals surface area contributed by atoms with Crippen molar-refractivity contribution in [3.63, 3.8) is 0 Å². The molecule has 4 rings (SSSR count). The highest BCUT2D eigenvalue weighted by Gasteiger charge is 2.43. The zero-order chi connectivity index (χ0) is 21.8. The van der Waals surface area contributed by atoms with Gasteiger partial charge in [-0.15, -0.1) is 11.8 Å². The quantitative estimate of drug-likeness (QED) is 0.648. The normalized spacial score (nSPS) is 29.2. The molecule has 31 heavy (non-hydrogen) atoms. The van der Waals surface area contributed by atoms with Crippen LogP contribution in [0.2, 0.25) is 0 Å². The number of nitrogens with zero attached hydrogens (tertiary/aromatic N) is 1. The van der Waals surface area contributed by atoms with Crippen LogP contribution < -0.4 is 5.32 Å². The highest BCUT2D eigenvalue weighted by molar-refractivity contribution is 8.04. The molecule has 1 aliphatic heterocycles. The second-order valence-electron chi connectivity index (χ2n) is 9.57. The van der Waals surface area contributed by atoms with Gasteiger partial charge in [-0.1, -0.05) is 56.4 Å². The lowest BCUT2D eigenvalue weighted by Gasteiger charge is -2.44. The van der Waals surface area contributed by atoms with E-state index in [4.69, 9.17) is 0 Å². The molecule has 3 aliphatic rings. The monoisotopic (exact) mass is 440 g/mol. The number of benzene rings is 1. The molecule has 3 atom stereocenters. The van der Waals surface area contributed by atoms with E-state index >= 15 is 0 Å². The Kier molecular flexibility index (Phi) is 7.42. The Morgan fingerprint density at radius 1 is 1.06 bits per heavy atom. The van der Waals surface area contributed by atoms with Crippen molar-refractivity contribution in [2.75, 3.05) is 7.05 Å². The van der Waals surface area contributed by atoms with E-state index in [1.807, 2.05) is 30.2 Å². The number of likely N-dealkylation sites (N-methyl/N-ethyl adjacent to an activating group) is 1. The molecule has 3 unspecified atom stereocenters. The van der Waals surface area contributed by atoms with E-state index in [0.717, 1.165) is 42.6 Å². The van der Waals surface area contributed by atoms with Gasteiger partial charge in [0.2, 0.25) is 5.91 Å². The topological polar surface area (TPSA) is 49.4 Å². The summed E-state index contributed by atoms with van der Waals surface area (Å²) in [7, 11) is 1.92. The van der Waals surface area contributed by atoms with Gasteiger partial charge in [0.15, 0.2) is 0 Å². The first-order valence-corrected chi connectivity index (χ1v) is 12.9. The summed E-state index contributed by atoms with van der Waals surface area (Å²) in [6.07, 6.45) is 13.4. The van der Waals surface area contributed by atoms with Gasteiger partial charge in [0, 0.05) is 30.3 Å². The van der Waals surface area contributed by atoms with Gasteiger partial charge in [0.1, 0.15) is 0 Å². The summed E-state index contributed by atoms with van der Waals surface area (Å²) in [4.78, 5) is 28.9. The van der Waals surface area contributed by atoms with E-state index in [1.54, 1.807) is 11.8 Å². The molecular weight excluding hydrogens is 404 g/mol. The second kappa shape index (κ2) is 10.2. The van der Waals surface area contributed by atoms with Crippen molar-refractivity contribution in [3.05, 3.63) is 40.3 Å². The lowest BCUT2D eigenvalue weighted by molar-refractivity contribution is -0.132. The first kappa shape index (κ1) is 22.4. The Balaban J connectivity index is 1.39. The SMILES string of the molecule is Cc1ccccc1/C=C1\SC2CCC(C(=O)NC3CCCCCCC3)CC2N(C)C1=O. The number of fused-ring (bicyclic) bond motifs is 1. The van der Waals surface area contributed by atoms with Gasteiger partial charge in [-0.2, -0.15) is 0 Å². The minimum absolute atomic E-state index is 0.0319. The predicted molar refractivity (Wildman–Crippen MR) is 129 cm³/mol. The van der Waals surface area contributed by atoms with E-state index < -0.39 is 0 Å². The van der Waals surface area contributed by atoms with Crippen LogP contribution in [-0.4, -0.2) is 41.1 Å². The molecule has 0 aromatic heterocycles. The number of carbonyl (C=O) groups excluding carboxylic acids is 2. The van der Waals surface area contributed by atoms with Gasteiger partial charge >= 0.3 is 0 Å². The second-order valence-corrected chi connectivity index (χ2v) is 10.8. The standard InChI is InChI=1S/C26H36N2O2S/c1-18-10-8-9-11-19(18)17-24-26(30)28(2)22-16-20(14-15-23(22)31-24)25(29)27-21-12-6-4-3-5-7-13-21/h8-11,17,20-23H,3-7,12-16H2,1-2H3,(H,27,29)/b24-17-. The summed E-state index contributed by atoms with van der Waals surface area (Å²) >= 11 is 1.72. The highest BCUT2D eigenvalue weighted by Crippen LogP contribution is 2.43. The summed E-state index contributed by atoms with van der Waals surface area (Å²) in [6.45, 7) is 2.08. The fourth-order valence-corrected chi connectivity index (χ4v) is 6.82. The van der Waals surface area contributed by atoms with Gasteiger partial charge in [-0.05, 0) is 56.2 Å². The summed E-state index contributed by atoms with van der Waals surface area (Å²) in [5, 5.41) is 3.74. The minimum Gasteiger partial charge on any atom is -0.353 e. The van der Waals surface area contributed by atoms with Gasteiger partial charge in [-0.25, -0.2) is 0 Å². The number of nitrogens with one attached hydrogen (secondary N) is 1. The molecule has 1 saturated heterocycles. The number of thioether (sulfide) groups is 1. The number of hydrogen-bond donors (Lipinski definition) is 1. The fourth-order valence-electron chi connectivity index (χ4n) is 5.35. The lowest BCUT2D eigenvalue weighted by Crippen LogP contribution is -2.53. The fraction of sp³-hybridized carbons (Fsp3) is 0.615. The Morgan fingerprint density at radius 2 is 1.77 bits per heavy atom. The van der Waals surface area contributed by atoms with Crippen LogP contribution in [0.1, 0.15) is 75.3 Å². The molecule has 3 fully saturated rings. The summed E-state index contributed by atoms with van der Waals surface area (Å²) in [6, 6.07) is 8.68. The maximum Gasteiger partial charge on any atom is 0.260 e. The van der Waals surface area contributed by atoms with Crippen LogP contribution in [0.25, 0.3) is 6.08 Å². The Labute approximate surface area is 191 Å². The molecule has 5 heteroatoms. The van der Waals surface area contributed by atoms with E-state index in [2.05, 4.69) is 24.4 Å². The number of rotatable bonds is 3. The number of amides is 2. The van der Waals surface area contributed by atoms with E-state index in [-0.39, 0.29) is 23.8 Å². The lowest BCUT2D eigenvalue weighted by atomic mass is 9.83. The molecule has 1 heterocycles. The van der Waals surface area contributed by atoms with Crippen LogP contribution in [0.3, 0.4) is 0 Å².